The van der Waals surface area contributed by atoms with E-state index in [-0.39, 0.29) is 18.2 Å². The van der Waals surface area contributed by atoms with Crippen molar-refractivity contribution in [2.24, 2.45) is 15.9 Å². The van der Waals surface area contributed by atoms with Gasteiger partial charge in [-0.3, -0.25) is 4.99 Å². The van der Waals surface area contributed by atoms with Crippen LogP contribution in [0.5, 0.6) is 0 Å². The van der Waals surface area contributed by atoms with Crippen molar-refractivity contribution in [3.05, 3.63) is 189 Å². The zero-order valence-corrected chi connectivity index (χ0v) is 32.1. The minimum atomic E-state index is -0.363. The fourth-order valence-corrected chi connectivity index (χ4v) is 8.96. The van der Waals surface area contributed by atoms with Crippen LogP contribution in [-0.4, -0.2) is 23.8 Å². The summed E-state index contributed by atoms with van der Waals surface area (Å²) in [6, 6.07) is 53.0. The molecule has 3 aliphatic heterocycles. The van der Waals surface area contributed by atoms with Crippen molar-refractivity contribution >= 4 is 68.8 Å². The molecular weight excluding hydrogens is 679 g/mol. The summed E-state index contributed by atoms with van der Waals surface area (Å²) in [5.74, 6) is 0.999. The number of fused-ring (bicyclic) bond motifs is 4. The molecule has 5 heteroatoms. The lowest BCUT2D eigenvalue weighted by Gasteiger charge is -2.44. The molecule has 3 heterocycles. The summed E-state index contributed by atoms with van der Waals surface area (Å²) < 4.78 is 0. The fourth-order valence-electron chi connectivity index (χ4n) is 8.96. The second-order valence-electron chi connectivity index (χ2n) is 15.1. The maximum Gasteiger partial charge on any atom is 0.252 e. The van der Waals surface area contributed by atoms with Gasteiger partial charge < -0.3 is 9.80 Å². The van der Waals surface area contributed by atoms with Crippen molar-refractivity contribution in [2.45, 2.75) is 38.6 Å². The Morgan fingerprint density at radius 2 is 1.18 bits per heavy atom. The number of amidine groups is 1. The van der Waals surface area contributed by atoms with Gasteiger partial charge in [0, 0.05) is 45.6 Å². The summed E-state index contributed by atoms with van der Waals surface area (Å²) >= 11 is 0. The van der Waals surface area contributed by atoms with Gasteiger partial charge in [0.1, 0.15) is 0 Å². The number of anilines is 6. The molecule has 2 unspecified atom stereocenters. The zero-order valence-electron chi connectivity index (χ0n) is 32.1. The summed E-state index contributed by atoms with van der Waals surface area (Å²) in [6.07, 6.45) is 10.8. The van der Waals surface area contributed by atoms with Crippen LogP contribution in [0, 0.1) is 5.92 Å². The molecule has 0 aromatic heterocycles. The van der Waals surface area contributed by atoms with E-state index in [0.717, 1.165) is 58.9 Å². The Labute approximate surface area is 331 Å². The second-order valence-corrected chi connectivity index (χ2v) is 15.1. The first kappa shape index (κ1) is 35.3. The van der Waals surface area contributed by atoms with Crippen LogP contribution in [0.3, 0.4) is 0 Å². The van der Waals surface area contributed by atoms with Gasteiger partial charge in [-0.15, -0.1) is 6.58 Å². The highest BCUT2D eigenvalue weighted by atomic mass is 15.2. The molecule has 272 valence electrons. The first-order valence-electron chi connectivity index (χ1n) is 19.8. The van der Waals surface area contributed by atoms with Crippen molar-refractivity contribution in [1.82, 2.24) is 0 Å². The maximum absolute atomic E-state index is 5.24. The summed E-state index contributed by atoms with van der Waals surface area (Å²) in [5, 5.41) is 0. The molecule has 0 fully saturated rings. The van der Waals surface area contributed by atoms with Crippen LogP contribution < -0.4 is 26.2 Å². The third-order valence-corrected chi connectivity index (χ3v) is 11.7. The molecule has 0 radical (unpaired) electrons. The maximum atomic E-state index is 5.24. The van der Waals surface area contributed by atoms with E-state index in [1.807, 2.05) is 18.2 Å². The summed E-state index contributed by atoms with van der Waals surface area (Å²) in [5.41, 5.74) is 15.2. The topological polar surface area (TPSA) is 31.2 Å². The van der Waals surface area contributed by atoms with Crippen molar-refractivity contribution in [2.75, 3.05) is 9.80 Å². The van der Waals surface area contributed by atoms with Crippen molar-refractivity contribution < 1.29 is 0 Å². The van der Waals surface area contributed by atoms with Crippen LogP contribution in [0.2, 0.25) is 0 Å². The van der Waals surface area contributed by atoms with Gasteiger partial charge >= 0.3 is 0 Å². The molecular formula is C51H45BN4. The number of benzene rings is 6. The Morgan fingerprint density at radius 1 is 0.643 bits per heavy atom. The Hall–Kier alpha value is -6.46. The highest BCUT2D eigenvalue weighted by Crippen LogP contribution is 2.44. The SMILES string of the molecule is C=C/C=C\CCC1(C)N=C(c2ccc(-c3ccc(N4c5ccccc5B5c6ccccc6N(c6ccccc6)c6cccc4c65)cc3)cc2)N=C1C(C=C)CC. The number of aliphatic imine (C=N–C) groups is 2. The summed E-state index contributed by atoms with van der Waals surface area (Å²) in [7, 11) is 0. The number of nitrogens with zero attached hydrogens (tertiary/aromatic N) is 4. The molecule has 9 rings (SSSR count). The lowest BCUT2D eigenvalue weighted by molar-refractivity contribution is 0.561. The molecule has 4 nitrogen and oxygen atoms in total. The number of allylic oxidation sites excluding steroid dienone is 4. The number of hydrogen-bond acceptors (Lipinski definition) is 4. The average Bonchev–Trinajstić information content (AvgIpc) is 3.60. The molecule has 0 bridgehead atoms. The van der Waals surface area contributed by atoms with Crippen LogP contribution in [0.15, 0.2) is 193 Å². The average molecular weight is 725 g/mol. The van der Waals surface area contributed by atoms with E-state index in [1.165, 1.54) is 39.1 Å². The summed E-state index contributed by atoms with van der Waals surface area (Å²) in [6.45, 7) is 12.5. The van der Waals surface area contributed by atoms with Gasteiger partial charge in [-0.25, -0.2) is 4.99 Å². The van der Waals surface area contributed by atoms with E-state index in [0.29, 0.717) is 0 Å². The highest BCUT2D eigenvalue weighted by molar-refractivity contribution is 7.00. The number of rotatable bonds is 11. The number of hydrogen-bond donors (Lipinski definition) is 0. The van der Waals surface area contributed by atoms with Crippen LogP contribution in [0.1, 0.15) is 38.7 Å². The Balaban J connectivity index is 1.06. The van der Waals surface area contributed by atoms with E-state index in [4.69, 9.17) is 9.98 Å². The van der Waals surface area contributed by atoms with Gasteiger partial charge in [-0.2, -0.15) is 0 Å². The monoisotopic (exact) mass is 724 g/mol. The van der Waals surface area contributed by atoms with Gasteiger partial charge in [0.15, 0.2) is 5.84 Å². The standard InChI is InChI=1S/C51H45BN4/c1-5-8-9-17-35-51(4)49(36(6-2)7-3)53-50(54-51)39-29-27-37(28-30-39)38-31-33-41(34-32-38)56-45-24-16-14-22-43(45)52-42-21-13-15-23-44(42)55(40-19-11-10-12-20-40)46-25-18-26-47(56)48(46)52/h5-6,8-16,18-34,36H,1-2,7,17,35H2,3-4H3/b9-8-. The number of para-hydroxylation sites is 3. The Bertz CT molecular complexity index is 2530. The molecule has 0 saturated carbocycles. The van der Waals surface area contributed by atoms with Gasteiger partial charge in [-0.05, 0) is 102 Å². The predicted octanol–water partition coefficient (Wildman–Crippen LogP) is 11.1. The normalized spacial score (nSPS) is 17.1. The third-order valence-electron chi connectivity index (χ3n) is 11.7. The smallest absolute Gasteiger partial charge is 0.252 e. The van der Waals surface area contributed by atoms with Gasteiger partial charge in [0.2, 0.25) is 0 Å². The first-order valence-corrected chi connectivity index (χ1v) is 19.8. The third kappa shape index (κ3) is 5.95. The van der Waals surface area contributed by atoms with E-state index < -0.39 is 0 Å². The molecule has 56 heavy (non-hydrogen) atoms. The first-order chi connectivity index (χ1) is 27.5. The minimum absolute atomic E-state index is 0.129. The molecule has 2 atom stereocenters. The quantitative estimate of drug-likeness (QED) is 0.0756. The zero-order chi connectivity index (χ0) is 38.2. The van der Waals surface area contributed by atoms with Gasteiger partial charge in [0.25, 0.3) is 6.71 Å². The molecule has 0 amide bonds. The summed E-state index contributed by atoms with van der Waals surface area (Å²) in [4.78, 5) is 15.3. The molecule has 0 saturated heterocycles. The second kappa shape index (κ2) is 14.7. The highest BCUT2D eigenvalue weighted by Gasteiger charge is 2.43. The van der Waals surface area contributed by atoms with Crippen LogP contribution >= 0.6 is 0 Å². The Kier molecular flexibility index (Phi) is 9.22. The molecule has 6 aromatic rings. The van der Waals surface area contributed by atoms with Crippen LogP contribution in [0.4, 0.5) is 34.1 Å². The molecule has 0 aliphatic carbocycles. The van der Waals surface area contributed by atoms with E-state index in [2.05, 4.69) is 188 Å². The van der Waals surface area contributed by atoms with E-state index >= 15 is 0 Å². The molecule has 3 aliphatic rings. The largest absolute Gasteiger partial charge is 0.311 e. The van der Waals surface area contributed by atoms with Gasteiger partial charge in [-0.1, -0.05) is 135 Å². The van der Waals surface area contributed by atoms with Crippen LogP contribution in [0.25, 0.3) is 11.1 Å². The molecule has 0 N–H and O–H groups in total. The van der Waals surface area contributed by atoms with Crippen molar-refractivity contribution in [3.63, 3.8) is 0 Å². The van der Waals surface area contributed by atoms with Crippen LogP contribution in [-0.2, 0) is 0 Å². The van der Waals surface area contributed by atoms with E-state index in [1.54, 1.807) is 0 Å². The van der Waals surface area contributed by atoms with Crippen molar-refractivity contribution in [1.29, 1.82) is 0 Å². The molecule has 6 aromatic carbocycles. The van der Waals surface area contributed by atoms with Crippen molar-refractivity contribution in [3.8, 4) is 11.1 Å². The minimum Gasteiger partial charge on any atom is -0.311 e. The van der Waals surface area contributed by atoms with E-state index in [9.17, 15) is 0 Å². The molecule has 0 spiro atoms. The van der Waals surface area contributed by atoms with Gasteiger partial charge in [0.05, 0.1) is 11.3 Å². The lowest BCUT2D eigenvalue weighted by atomic mass is 9.33. The lowest BCUT2D eigenvalue weighted by Crippen LogP contribution is -2.61. The predicted molar refractivity (Wildman–Crippen MR) is 241 cm³/mol. The Morgan fingerprint density at radius 3 is 1.77 bits per heavy atom. The fraction of sp³-hybridized carbons (Fsp3) is 0.137.